The van der Waals surface area contributed by atoms with Gasteiger partial charge in [-0.1, -0.05) is 18.2 Å². The monoisotopic (exact) mass is 286 g/mol. The zero-order valence-corrected chi connectivity index (χ0v) is 11.4. The molecule has 2 N–H and O–H groups in total. The molecule has 0 saturated carbocycles. The van der Waals surface area contributed by atoms with Crippen molar-refractivity contribution in [2.24, 2.45) is 0 Å². The molecule has 6 nitrogen and oxygen atoms in total. The summed E-state index contributed by atoms with van der Waals surface area (Å²) in [4.78, 5) is 0. The van der Waals surface area contributed by atoms with Gasteiger partial charge in [0.1, 0.15) is 12.4 Å². The number of aliphatic hydroxyl groups is 2. The van der Waals surface area contributed by atoms with E-state index in [9.17, 15) is 0 Å². The summed E-state index contributed by atoms with van der Waals surface area (Å²) in [5.74, 6) is 0.676. The third kappa shape index (κ3) is 8.08. The van der Waals surface area contributed by atoms with Gasteiger partial charge in [-0.05, 0) is 12.1 Å². The zero-order chi connectivity index (χ0) is 14.5. The summed E-state index contributed by atoms with van der Waals surface area (Å²) in [5, 5.41) is 17.3. The molecule has 0 saturated heterocycles. The fourth-order valence-corrected chi connectivity index (χ4v) is 1.42. The van der Waals surface area contributed by atoms with Crippen molar-refractivity contribution in [3.8, 4) is 5.75 Å². The Bertz CT molecular complexity index is 319. The van der Waals surface area contributed by atoms with Crippen molar-refractivity contribution in [1.82, 2.24) is 0 Å². The molecule has 0 heterocycles. The van der Waals surface area contributed by atoms with Crippen LogP contribution in [-0.4, -0.2) is 62.8 Å². The molecule has 0 spiro atoms. The van der Waals surface area contributed by atoms with Crippen LogP contribution in [0.2, 0.25) is 0 Å². The van der Waals surface area contributed by atoms with Gasteiger partial charge >= 0.3 is 0 Å². The van der Waals surface area contributed by atoms with Crippen molar-refractivity contribution in [3.05, 3.63) is 30.3 Å². The van der Waals surface area contributed by atoms with E-state index >= 15 is 0 Å². The first-order chi connectivity index (χ1) is 9.86. The van der Waals surface area contributed by atoms with Gasteiger partial charge in [0.05, 0.1) is 39.6 Å². The molecule has 0 fully saturated rings. The highest BCUT2D eigenvalue weighted by Gasteiger charge is 2.11. The van der Waals surface area contributed by atoms with Gasteiger partial charge in [0, 0.05) is 0 Å². The van der Waals surface area contributed by atoms with Crippen molar-refractivity contribution < 1.29 is 29.2 Å². The third-order valence-corrected chi connectivity index (χ3v) is 2.27. The second-order valence-corrected chi connectivity index (χ2v) is 3.87. The second kappa shape index (κ2) is 11.6. The largest absolute Gasteiger partial charge is 0.462 e. The summed E-state index contributed by atoms with van der Waals surface area (Å²) in [6.07, 6.45) is -0.581. The second-order valence-electron chi connectivity index (χ2n) is 3.87. The molecule has 1 atom stereocenters. The van der Waals surface area contributed by atoms with Gasteiger partial charge in [0.25, 0.3) is 0 Å². The van der Waals surface area contributed by atoms with Gasteiger partial charge in [-0.25, -0.2) is 0 Å². The molecule has 0 aromatic heterocycles. The van der Waals surface area contributed by atoms with E-state index in [-0.39, 0.29) is 26.4 Å². The number of ether oxygens (including phenoxy) is 4. The van der Waals surface area contributed by atoms with Gasteiger partial charge in [-0.15, -0.1) is 0 Å². The summed E-state index contributed by atoms with van der Waals surface area (Å²) in [7, 11) is 0. The highest BCUT2D eigenvalue weighted by molar-refractivity contribution is 5.21. The summed E-state index contributed by atoms with van der Waals surface area (Å²) in [6.45, 7) is 1.43. The highest BCUT2D eigenvalue weighted by atomic mass is 16.7. The van der Waals surface area contributed by atoms with Gasteiger partial charge in [0.15, 0.2) is 0 Å². The van der Waals surface area contributed by atoms with Crippen molar-refractivity contribution in [1.29, 1.82) is 0 Å². The van der Waals surface area contributed by atoms with E-state index in [1.54, 1.807) is 0 Å². The lowest BCUT2D eigenvalue weighted by atomic mass is 10.3. The van der Waals surface area contributed by atoms with Crippen LogP contribution >= 0.6 is 0 Å². The molecular weight excluding hydrogens is 264 g/mol. The first-order valence-corrected chi connectivity index (χ1v) is 6.57. The molecule has 6 heteroatoms. The van der Waals surface area contributed by atoms with Crippen LogP contribution in [-0.2, 0) is 14.2 Å². The van der Waals surface area contributed by atoms with Crippen LogP contribution in [0.3, 0.4) is 0 Å². The Kier molecular flexibility index (Phi) is 9.81. The third-order valence-electron chi connectivity index (χ3n) is 2.27. The zero-order valence-electron chi connectivity index (χ0n) is 11.4. The van der Waals surface area contributed by atoms with E-state index in [1.807, 2.05) is 30.3 Å². The number of aliphatic hydroxyl groups excluding tert-OH is 2. The normalized spacial score (nSPS) is 12.3. The smallest absolute Gasteiger partial charge is 0.223 e. The average molecular weight is 286 g/mol. The Morgan fingerprint density at radius 1 is 0.850 bits per heavy atom. The molecule has 0 bridgehead atoms. The minimum absolute atomic E-state index is 0.000640. The maximum absolute atomic E-state index is 8.78. The van der Waals surface area contributed by atoms with Crippen LogP contribution in [0.5, 0.6) is 5.75 Å². The SMILES string of the molecule is OCCOCCOCC(OCCO)Oc1ccccc1. The van der Waals surface area contributed by atoms with E-state index in [2.05, 4.69) is 0 Å². The molecule has 0 amide bonds. The maximum Gasteiger partial charge on any atom is 0.223 e. The Morgan fingerprint density at radius 2 is 1.55 bits per heavy atom. The van der Waals surface area contributed by atoms with Crippen molar-refractivity contribution in [3.63, 3.8) is 0 Å². The highest BCUT2D eigenvalue weighted by Crippen LogP contribution is 2.11. The molecule has 1 aromatic carbocycles. The number of benzene rings is 1. The molecule has 0 aliphatic heterocycles. The minimum atomic E-state index is -0.581. The maximum atomic E-state index is 8.78. The van der Waals surface area contributed by atoms with E-state index in [0.717, 1.165) is 0 Å². The molecule has 1 unspecified atom stereocenters. The molecule has 114 valence electrons. The van der Waals surface area contributed by atoms with Crippen molar-refractivity contribution >= 4 is 0 Å². The summed E-state index contributed by atoms with van der Waals surface area (Å²) >= 11 is 0. The summed E-state index contributed by atoms with van der Waals surface area (Å²) in [6, 6.07) is 9.26. The quantitative estimate of drug-likeness (QED) is 0.428. The van der Waals surface area contributed by atoms with E-state index < -0.39 is 6.29 Å². The van der Waals surface area contributed by atoms with E-state index in [1.165, 1.54) is 0 Å². The first-order valence-electron chi connectivity index (χ1n) is 6.57. The van der Waals surface area contributed by atoms with E-state index in [0.29, 0.717) is 25.6 Å². The predicted octanol–water partition coefficient (Wildman–Crippen LogP) is 0.426. The van der Waals surface area contributed by atoms with Gasteiger partial charge in [-0.2, -0.15) is 0 Å². The first kappa shape index (κ1) is 16.9. The van der Waals surface area contributed by atoms with Crippen LogP contribution in [0.15, 0.2) is 30.3 Å². The Hall–Kier alpha value is -1.18. The Balaban J connectivity index is 2.25. The predicted molar refractivity (Wildman–Crippen MR) is 72.6 cm³/mol. The lowest BCUT2D eigenvalue weighted by molar-refractivity contribution is -0.130. The lowest BCUT2D eigenvalue weighted by Crippen LogP contribution is -2.28. The Morgan fingerprint density at radius 3 is 2.25 bits per heavy atom. The molecule has 1 aromatic rings. The van der Waals surface area contributed by atoms with Gasteiger partial charge in [0.2, 0.25) is 6.29 Å². The molecular formula is C14H22O6. The van der Waals surface area contributed by atoms with Gasteiger partial charge in [-0.3, -0.25) is 0 Å². The number of rotatable bonds is 12. The van der Waals surface area contributed by atoms with Crippen LogP contribution in [0.25, 0.3) is 0 Å². The molecule has 20 heavy (non-hydrogen) atoms. The van der Waals surface area contributed by atoms with E-state index in [4.69, 9.17) is 29.2 Å². The summed E-state index contributed by atoms with van der Waals surface area (Å²) < 4.78 is 21.4. The Labute approximate surface area is 118 Å². The molecule has 0 aliphatic rings. The fraction of sp³-hybridized carbons (Fsp3) is 0.571. The average Bonchev–Trinajstić information content (AvgIpc) is 2.49. The van der Waals surface area contributed by atoms with Crippen LogP contribution in [0.1, 0.15) is 0 Å². The molecule has 1 rings (SSSR count). The number of hydrogen-bond acceptors (Lipinski definition) is 6. The fourth-order valence-electron chi connectivity index (χ4n) is 1.42. The van der Waals surface area contributed by atoms with Crippen molar-refractivity contribution in [2.45, 2.75) is 6.29 Å². The summed E-state index contributed by atoms with van der Waals surface area (Å²) in [5.41, 5.74) is 0. The molecule has 0 aliphatic carbocycles. The van der Waals surface area contributed by atoms with Crippen LogP contribution in [0, 0.1) is 0 Å². The standard InChI is InChI=1S/C14H22O6/c15-6-8-17-10-11-18-12-14(19-9-7-16)20-13-4-2-1-3-5-13/h1-5,14-16H,6-12H2. The number of hydrogen-bond donors (Lipinski definition) is 2. The van der Waals surface area contributed by atoms with Crippen LogP contribution in [0.4, 0.5) is 0 Å². The van der Waals surface area contributed by atoms with Gasteiger partial charge < -0.3 is 29.2 Å². The molecule has 0 radical (unpaired) electrons. The topological polar surface area (TPSA) is 77.4 Å². The van der Waals surface area contributed by atoms with Crippen molar-refractivity contribution in [2.75, 3.05) is 46.2 Å². The lowest BCUT2D eigenvalue weighted by Gasteiger charge is -2.19. The minimum Gasteiger partial charge on any atom is -0.462 e. The number of para-hydroxylation sites is 1. The van der Waals surface area contributed by atoms with Crippen LogP contribution < -0.4 is 4.74 Å².